The Morgan fingerprint density at radius 2 is 1.16 bits per heavy atom. The number of rotatable bonds is 23. The molecule has 0 aliphatic rings. The number of nitrogens with one attached hydrogen (secondary N) is 1. The van der Waals surface area contributed by atoms with Crippen LogP contribution in [0.25, 0.3) is 0 Å². The Hall–Kier alpha value is -1.17. The first kappa shape index (κ1) is 33.0. The van der Waals surface area contributed by atoms with E-state index in [1.807, 2.05) is 13.8 Å². The van der Waals surface area contributed by atoms with Gasteiger partial charge in [-0.05, 0) is 0 Å². The highest BCUT2D eigenvalue weighted by molar-refractivity contribution is 5.81. The van der Waals surface area contributed by atoms with Gasteiger partial charge in [-0.2, -0.15) is 0 Å². The fraction of sp³-hybridized carbons (Fsp3) is 0.909. The molecule has 10 heteroatoms. The largest absolute Gasteiger partial charge is 0.377 e. The number of alkyl halides is 1. The highest BCUT2D eigenvalue weighted by atomic mass is 19.1. The molecule has 0 aromatic rings. The van der Waals surface area contributed by atoms with E-state index in [2.05, 4.69) is 19.2 Å². The molecule has 0 radical (unpaired) electrons. The topological polar surface area (TPSA) is 102 Å². The van der Waals surface area contributed by atoms with Gasteiger partial charge < -0.3 is 33.7 Å². The number of carbonyl (C=O) groups is 2. The number of hydrogen-bond donors (Lipinski definition) is 1. The lowest BCUT2D eigenvalue weighted by atomic mass is 10.1. The molecule has 0 rings (SSSR count). The molecule has 0 aromatic heterocycles. The fourth-order valence-corrected chi connectivity index (χ4v) is 1.78. The standard InChI is InChI=1S/C19H36FNO8.C3H8/c1-17(2)19(23)15-29-12-10-27-8-6-25-4-3-24-5-7-26-9-11-28-14-18(20)13-21-16-22;1-3-2/h16-18H,3-15H2,1-2H3,(H,21,22);3H2,1-2H3. The summed E-state index contributed by atoms with van der Waals surface area (Å²) in [5, 5.41) is 2.25. The summed E-state index contributed by atoms with van der Waals surface area (Å²) in [5.41, 5.74) is 0. The molecule has 0 heterocycles. The average molecular weight is 470 g/mol. The number of halogens is 1. The Morgan fingerprint density at radius 3 is 1.53 bits per heavy atom. The first-order valence-corrected chi connectivity index (χ1v) is 11.3. The van der Waals surface area contributed by atoms with Crippen LogP contribution in [0.5, 0.6) is 0 Å². The molecule has 0 spiro atoms. The second-order valence-corrected chi connectivity index (χ2v) is 7.03. The Balaban J connectivity index is 0. The summed E-state index contributed by atoms with van der Waals surface area (Å²) in [7, 11) is 0. The van der Waals surface area contributed by atoms with Crippen molar-refractivity contribution in [2.24, 2.45) is 5.92 Å². The zero-order chi connectivity index (χ0) is 24.3. The quantitative estimate of drug-likeness (QED) is 0.179. The van der Waals surface area contributed by atoms with Crippen molar-refractivity contribution in [2.45, 2.75) is 40.3 Å². The van der Waals surface area contributed by atoms with Crippen molar-refractivity contribution >= 4 is 12.2 Å². The normalized spacial score (nSPS) is 11.7. The van der Waals surface area contributed by atoms with Gasteiger partial charge in [0.25, 0.3) is 0 Å². The van der Waals surface area contributed by atoms with E-state index in [1.165, 1.54) is 6.42 Å². The van der Waals surface area contributed by atoms with Gasteiger partial charge in [-0.1, -0.05) is 34.1 Å². The first-order valence-electron chi connectivity index (χ1n) is 11.3. The molecule has 0 bridgehead atoms. The van der Waals surface area contributed by atoms with Crippen LogP contribution < -0.4 is 5.32 Å². The second kappa shape index (κ2) is 27.9. The van der Waals surface area contributed by atoms with Crippen molar-refractivity contribution in [3.63, 3.8) is 0 Å². The number of ether oxygens (including phenoxy) is 6. The maximum Gasteiger partial charge on any atom is 0.207 e. The van der Waals surface area contributed by atoms with Gasteiger partial charge in [0.2, 0.25) is 6.41 Å². The summed E-state index contributed by atoms with van der Waals surface area (Å²) in [6.07, 6.45) is 0.480. The molecule has 1 unspecified atom stereocenters. The van der Waals surface area contributed by atoms with Crippen LogP contribution in [0.3, 0.4) is 0 Å². The Bertz CT molecular complexity index is 402. The molecule has 0 fully saturated rings. The maximum absolute atomic E-state index is 13.1. The average Bonchev–Trinajstić information content (AvgIpc) is 2.77. The van der Waals surface area contributed by atoms with E-state index in [0.29, 0.717) is 65.9 Å². The maximum atomic E-state index is 13.1. The highest BCUT2D eigenvalue weighted by Crippen LogP contribution is 1.94. The smallest absolute Gasteiger partial charge is 0.207 e. The number of amides is 1. The van der Waals surface area contributed by atoms with Crippen LogP contribution in [0.4, 0.5) is 4.39 Å². The van der Waals surface area contributed by atoms with Gasteiger partial charge in [0.05, 0.1) is 79.2 Å². The van der Waals surface area contributed by atoms with Crippen molar-refractivity contribution in [3.8, 4) is 0 Å². The number of ketones is 1. The zero-order valence-corrected chi connectivity index (χ0v) is 20.3. The third kappa shape index (κ3) is 28.8. The molecule has 0 aliphatic carbocycles. The molecule has 1 atom stereocenters. The van der Waals surface area contributed by atoms with Crippen molar-refractivity contribution in [3.05, 3.63) is 0 Å². The van der Waals surface area contributed by atoms with Crippen LogP contribution in [0, 0.1) is 5.92 Å². The SMILES string of the molecule is CC(C)C(=O)COCCOCCOCCOCCOCCOCC(F)CNC=O.CCC. The summed E-state index contributed by atoms with van der Waals surface area (Å²) < 4.78 is 44.7. The monoisotopic (exact) mass is 469 g/mol. The van der Waals surface area contributed by atoms with Crippen molar-refractivity contribution < 1.29 is 42.4 Å². The molecule has 192 valence electrons. The van der Waals surface area contributed by atoms with E-state index >= 15 is 0 Å². The van der Waals surface area contributed by atoms with Crippen molar-refractivity contribution in [2.75, 3.05) is 85.8 Å². The van der Waals surface area contributed by atoms with E-state index in [0.717, 1.165) is 0 Å². The first-order chi connectivity index (χ1) is 15.5. The van der Waals surface area contributed by atoms with Gasteiger partial charge >= 0.3 is 0 Å². The summed E-state index contributed by atoms with van der Waals surface area (Å²) >= 11 is 0. The fourth-order valence-electron chi connectivity index (χ4n) is 1.78. The van der Waals surface area contributed by atoms with Crippen molar-refractivity contribution in [1.82, 2.24) is 5.32 Å². The summed E-state index contributed by atoms with van der Waals surface area (Å²) in [5.74, 6) is 0.0771. The van der Waals surface area contributed by atoms with E-state index < -0.39 is 6.17 Å². The van der Waals surface area contributed by atoms with Gasteiger partial charge in [0.1, 0.15) is 12.8 Å². The second-order valence-electron chi connectivity index (χ2n) is 7.03. The molecule has 0 saturated carbocycles. The van der Waals surface area contributed by atoms with Crippen LogP contribution in [0.1, 0.15) is 34.1 Å². The third-order valence-electron chi connectivity index (χ3n) is 3.47. The van der Waals surface area contributed by atoms with Crippen LogP contribution in [-0.2, 0) is 38.0 Å². The predicted octanol–water partition coefficient (Wildman–Crippen LogP) is 1.81. The minimum atomic E-state index is -1.22. The predicted molar refractivity (Wildman–Crippen MR) is 120 cm³/mol. The lowest BCUT2D eigenvalue weighted by Crippen LogP contribution is -2.26. The summed E-state index contributed by atoms with van der Waals surface area (Å²) in [6.45, 7) is 12.0. The minimum absolute atomic E-state index is 0.00821. The molecule has 0 aliphatic heterocycles. The number of Topliss-reactive ketones (excluding diaryl/α,β-unsaturated/α-hetero) is 1. The Morgan fingerprint density at radius 1 is 0.781 bits per heavy atom. The van der Waals surface area contributed by atoms with Gasteiger partial charge in [0, 0.05) is 5.92 Å². The van der Waals surface area contributed by atoms with Gasteiger partial charge in [-0.15, -0.1) is 0 Å². The molecule has 0 saturated heterocycles. The van der Waals surface area contributed by atoms with Crippen molar-refractivity contribution in [1.29, 1.82) is 0 Å². The van der Waals surface area contributed by atoms with E-state index in [1.54, 1.807) is 0 Å². The number of carbonyl (C=O) groups excluding carboxylic acids is 2. The van der Waals surface area contributed by atoms with E-state index in [4.69, 9.17) is 28.4 Å². The lowest BCUT2D eigenvalue weighted by molar-refractivity contribution is -0.127. The lowest BCUT2D eigenvalue weighted by Gasteiger charge is -2.09. The molecule has 1 amide bonds. The van der Waals surface area contributed by atoms with Crippen LogP contribution in [0.15, 0.2) is 0 Å². The molecule has 0 aromatic carbocycles. The van der Waals surface area contributed by atoms with Crippen LogP contribution >= 0.6 is 0 Å². The van der Waals surface area contributed by atoms with E-state index in [-0.39, 0.29) is 38.1 Å². The molecule has 9 nitrogen and oxygen atoms in total. The third-order valence-corrected chi connectivity index (χ3v) is 3.47. The molecular formula is C22H44FNO8. The molecule has 32 heavy (non-hydrogen) atoms. The van der Waals surface area contributed by atoms with Crippen LogP contribution in [0.2, 0.25) is 0 Å². The van der Waals surface area contributed by atoms with E-state index in [9.17, 15) is 14.0 Å². The zero-order valence-electron chi connectivity index (χ0n) is 20.3. The minimum Gasteiger partial charge on any atom is -0.377 e. The van der Waals surface area contributed by atoms with Gasteiger partial charge in [0.15, 0.2) is 5.78 Å². The Kier molecular flexibility index (Phi) is 28.7. The Labute approximate surface area is 192 Å². The van der Waals surface area contributed by atoms with Gasteiger partial charge in [-0.3, -0.25) is 9.59 Å². The number of hydrogen-bond acceptors (Lipinski definition) is 8. The summed E-state index contributed by atoms with van der Waals surface area (Å²) in [6, 6.07) is 0. The highest BCUT2D eigenvalue weighted by Gasteiger charge is 2.06. The van der Waals surface area contributed by atoms with Crippen LogP contribution in [-0.4, -0.2) is 104 Å². The molecular weight excluding hydrogens is 425 g/mol. The summed E-state index contributed by atoms with van der Waals surface area (Å²) in [4.78, 5) is 21.3. The van der Waals surface area contributed by atoms with Gasteiger partial charge in [-0.25, -0.2) is 4.39 Å². The molecule has 1 N–H and O–H groups in total.